The molecule has 2 heterocycles. The van der Waals surface area contributed by atoms with Gasteiger partial charge in [-0.15, -0.1) is 11.3 Å². The summed E-state index contributed by atoms with van der Waals surface area (Å²) in [4.78, 5) is 23.2. The predicted octanol–water partition coefficient (Wildman–Crippen LogP) is 1.49. The molecule has 2 amide bonds. The number of aryl methyl sites for hydroxylation is 1. The summed E-state index contributed by atoms with van der Waals surface area (Å²) in [6.45, 7) is 1.98. The maximum atomic E-state index is 11.2. The Bertz CT molecular complexity index is 431. The van der Waals surface area contributed by atoms with E-state index in [-0.39, 0.29) is 18.2 Å². The number of nitrogens with one attached hydrogen (secondary N) is 1. The smallest absolute Gasteiger partial charge is 0.254 e. The monoisotopic (exact) mass is 207 g/mol. The van der Waals surface area contributed by atoms with Crippen molar-refractivity contribution < 1.29 is 9.59 Å². The zero-order chi connectivity index (χ0) is 10.1. The van der Waals surface area contributed by atoms with Gasteiger partial charge in [-0.1, -0.05) is 0 Å². The van der Waals surface area contributed by atoms with Crippen molar-refractivity contribution in [3.63, 3.8) is 0 Å². The van der Waals surface area contributed by atoms with Gasteiger partial charge in [0.05, 0.1) is 6.42 Å². The minimum Gasteiger partial charge on any atom is -0.292 e. The Morgan fingerprint density at radius 1 is 1.50 bits per heavy atom. The van der Waals surface area contributed by atoms with E-state index < -0.39 is 0 Å². The Morgan fingerprint density at radius 3 is 2.79 bits per heavy atom. The summed E-state index contributed by atoms with van der Waals surface area (Å²) in [5, 5.41) is 4.23. The maximum absolute atomic E-state index is 11.2. The van der Waals surface area contributed by atoms with Crippen LogP contribution in [0.25, 0.3) is 6.08 Å². The van der Waals surface area contributed by atoms with E-state index in [1.54, 1.807) is 17.4 Å². The number of hydrogen-bond acceptors (Lipinski definition) is 3. The standard InChI is InChI=1S/C10H9NO2S/c1-6-2-3-14-8(6)4-7-5-9(12)11-10(7)13/h2-4H,5H2,1H3,(H,11,12,13). The van der Waals surface area contributed by atoms with Crippen molar-refractivity contribution in [2.24, 2.45) is 0 Å². The number of rotatable bonds is 1. The summed E-state index contributed by atoms with van der Waals surface area (Å²) >= 11 is 1.57. The highest BCUT2D eigenvalue weighted by molar-refractivity contribution is 7.11. The fourth-order valence-electron chi connectivity index (χ4n) is 1.31. The van der Waals surface area contributed by atoms with E-state index in [0.29, 0.717) is 5.57 Å². The molecule has 3 nitrogen and oxygen atoms in total. The zero-order valence-electron chi connectivity index (χ0n) is 7.66. The lowest BCUT2D eigenvalue weighted by molar-refractivity contribution is -0.124. The Labute approximate surface area is 85.4 Å². The van der Waals surface area contributed by atoms with E-state index in [1.807, 2.05) is 18.4 Å². The van der Waals surface area contributed by atoms with Crippen molar-refractivity contribution >= 4 is 29.2 Å². The first-order chi connectivity index (χ1) is 6.66. The second-order valence-electron chi connectivity index (χ2n) is 3.19. The van der Waals surface area contributed by atoms with Crippen molar-refractivity contribution in [2.45, 2.75) is 13.3 Å². The van der Waals surface area contributed by atoms with Gasteiger partial charge in [0.2, 0.25) is 5.91 Å². The molecule has 1 aromatic rings. The minimum absolute atomic E-state index is 0.205. The summed E-state index contributed by atoms with van der Waals surface area (Å²) in [5.41, 5.74) is 1.69. The fourth-order valence-corrected chi connectivity index (χ4v) is 2.19. The van der Waals surface area contributed by atoms with Crippen molar-refractivity contribution in [3.8, 4) is 0 Å². The number of carbonyl (C=O) groups is 2. The van der Waals surface area contributed by atoms with Crippen LogP contribution in [0, 0.1) is 6.92 Å². The first-order valence-electron chi connectivity index (χ1n) is 4.25. The van der Waals surface area contributed by atoms with Crippen LogP contribution in [-0.4, -0.2) is 11.8 Å². The summed E-state index contributed by atoms with van der Waals surface area (Å²) in [5.74, 6) is -0.474. The Balaban J connectivity index is 2.32. The van der Waals surface area contributed by atoms with Gasteiger partial charge in [-0.2, -0.15) is 0 Å². The highest BCUT2D eigenvalue weighted by Crippen LogP contribution is 2.21. The minimum atomic E-state index is -0.261. The molecule has 2 rings (SSSR count). The van der Waals surface area contributed by atoms with Crippen LogP contribution in [0.15, 0.2) is 17.0 Å². The molecule has 1 fully saturated rings. The van der Waals surface area contributed by atoms with E-state index in [9.17, 15) is 9.59 Å². The number of thiophene rings is 1. The van der Waals surface area contributed by atoms with Crippen LogP contribution < -0.4 is 5.32 Å². The van der Waals surface area contributed by atoms with E-state index in [0.717, 1.165) is 10.4 Å². The van der Waals surface area contributed by atoms with Crippen LogP contribution >= 0.6 is 11.3 Å². The van der Waals surface area contributed by atoms with Crippen LogP contribution in [0.1, 0.15) is 16.9 Å². The molecular weight excluding hydrogens is 198 g/mol. The third kappa shape index (κ3) is 1.61. The fraction of sp³-hybridized carbons (Fsp3) is 0.200. The van der Waals surface area contributed by atoms with Gasteiger partial charge in [0.15, 0.2) is 0 Å². The summed E-state index contributed by atoms with van der Waals surface area (Å²) in [6, 6.07) is 1.99. The summed E-state index contributed by atoms with van der Waals surface area (Å²) < 4.78 is 0. The highest BCUT2D eigenvalue weighted by atomic mass is 32.1. The Morgan fingerprint density at radius 2 is 2.29 bits per heavy atom. The molecule has 0 spiro atoms. The van der Waals surface area contributed by atoms with Crippen molar-refractivity contribution in [1.82, 2.24) is 5.32 Å². The second-order valence-corrected chi connectivity index (χ2v) is 4.14. The molecule has 1 aliphatic rings. The lowest BCUT2D eigenvalue weighted by Gasteiger charge is -1.92. The van der Waals surface area contributed by atoms with Gasteiger partial charge in [-0.3, -0.25) is 14.9 Å². The molecule has 1 aliphatic heterocycles. The van der Waals surface area contributed by atoms with Crippen LogP contribution in [0.4, 0.5) is 0 Å². The zero-order valence-corrected chi connectivity index (χ0v) is 8.48. The predicted molar refractivity (Wildman–Crippen MR) is 54.8 cm³/mol. The average molecular weight is 207 g/mol. The molecule has 1 aromatic heterocycles. The molecule has 0 aliphatic carbocycles. The molecule has 0 atom stereocenters. The first kappa shape index (κ1) is 9.15. The van der Waals surface area contributed by atoms with Gasteiger partial charge < -0.3 is 0 Å². The highest BCUT2D eigenvalue weighted by Gasteiger charge is 2.23. The molecule has 0 aromatic carbocycles. The number of carbonyl (C=O) groups excluding carboxylic acids is 2. The first-order valence-corrected chi connectivity index (χ1v) is 5.13. The van der Waals surface area contributed by atoms with E-state index >= 15 is 0 Å². The van der Waals surface area contributed by atoms with Gasteiger partial charge in [0.1, 0.15) is 0 Å². The average Bonchev–Trinajstić information content (AvgIpc) is 2.62. The molecule has 0 saturated carbocycles. The molecule has 14 heavy (non-hydrogen) atoms. The van der Waals surface area contributed by atoms with Gasteiger partial charge in [0, 0.05) is 10.5 Å². The van der Waals surface area contributed by atoms with Crippen LogP contribution in [0.5, 0.6) is 0 Å². The van der Waals surface area contributed by atoms with Crippen LogP contribution in [0.2, 0.25) is 0 Å². The molecule has 4 heteroatoms. The van der Waals surface area contributed by atoms with Gasteiger partial charge in [0.25, 0.3) is 5.91 Å². The largest absolute Gasteiger partial charge is 0.292 e. The molecule has 72 valence electrons. The molecular formula is C10H9NO2S. The summed E-state index contributed by atoms with van der Waals surface area (Å²) in [6.07, 6.45) is 2.00. The number of imide groups is 1. The normalized spacial score (nSPS) is 19.1. The quantitative estimate of drug-likeness (QED) is 0.560. The number of amides is 2. The summed E-state index contributed by atoms with van der Waals surface area (Å²) in [7, 11) is 0. The van der Waals surface area contributed by atoms with E-state index in [2.05, 4.69) is 5.32 Å². The lowest BCUT2D eigenvalue weighted by Crippen LogP contribution is -2.19. The molecule has 0 unspecified atom stereocenters. The van der Waals surface area contributed by atoms with Crippen LogP contribution in [-0.2, 0) is 9.59 Å². The molecule has 0 bridgehead atoms. The Kier molecular flexibility index (Phi) is 2.21. The second kappa shape index (κ2) is 3.38. The van der Waals surface area contributed by atoms with Gasteiger partial charge in [-0.25, -0.2) is 0 Å². The van der Waals surface area contributed by atoms with Crippen molar-refractivity contribution in [3.05, 3.63) is 27.5 Å². The SMILES string of the molecule is Cc1ccsc1C=C1CC(=O)NC1=O. The van der Waals surface area contributed by atoms with Crippen LogP contribution in [0.3, 0.4) is 0 Å². The topological polar surface area (TPSA) is 46.2 Å². The number of hydrogen-bond donors (Lipinski definition) is 1. The third-order valence-electron chi connectivity index (χ3n) is 2.10. The maximum Gasteiger partial charge on any atom is 0.254 e. The Hall–Kier alpha value is -1.42. The van der Waals surface area contributed by atoms with Crippen molar-refractivity contribution in [2.75, 3.05) is 0 Å². The molecule has 0 radical (unpaired) electrons. The third-order valence-corrected chi connectivity index (χ3v) is 3.07. The van der Waals surface area contributed by atoms with E-state index in [1.165, 1.54) is 0 Å². The van der Waals surface area contributed by atoms with E-state index in [4.69, 9.17) is 0 Å². The van der Waals surface area contributed by atoms with Gasteiger partial charge in [-0.05, 0) is 30.0 Å². The van der Waals surface area contributed by atoms with Crippen molar-refractivity contribution in [1.29, 1.82) is 0 Å². The van der Waals surface area contributed by atoms with Gasteiger partial charge >= 0.3 is 0 Å². The molecule has 1 N–H and O–H groups in total. The molecule has 1 saturated heterocycles. The lowest BCUT2D eigenvalue weighted by atomic mass is 10.1.